The molecule has 80 valence electrons. The van der Waals surface area contributed by atoms with E-state index in [1.165, 1.54) is 0 Å². The molecule has 7 heteroatoms. The Bertz CT molecular complexity index is 672. The monoisotopic (exact) mass is 215 g/mol. The molecule has 0 spiro atoms. The number of nitrogens with one attached hydrogen (secondary N) is 1. The van der Waals surface area contributed by atoms with Crippen LogP contribution in [0.4, 0.5) is 11.8 Å². The second-order valence-electron chi connectivity index (χ2n) is 3.31. The fraction of sp³-hybridized carbons (Fsp3) is 0. The molecule has 1 aromatic carbocycles. The van der Waals surface area contributed by atoms with Crippen molar-refractivity contribution < 1.29 is 0 Å². The van der Waals surface area contributed by atoms with Gasteiger partial charge in [0.1, 0.15) is 0 Å². The van der Waals surface area contributed by atoms with Crippen LogP contribution in [0.15, 0.2) is 24.3 Å². The highest BCUT2D eigenvalue weighted by atomic mass is 15.3. The van der Waals surface area contributed by atoms with Gasteiger partial charge in [-0.25, -0.2) is 10.8 Å². The first kappa shape index (κ1) is 8.86. The van der Waals surface area contributed by atoms with Gasteiger partial charge in [-0.3, -0.25) is 4.40 Å². The van der Waals surface area contributed by atoms with Gasteiger partial charge in [-0.05, 0) is 12.1 Å². The minimum absolute atomic E-state index is 0.310. The topological polar surface area (TPSA) is 107 Å². The first-order valence-electron chi connectivity index (χ1n) is 4.67. The lowest BCUT2D eigenvalue weighted by Crippen LogP contribution is -2.11. The number of hydrogen-bond donors (Lipinski definition) is 3. The molecule has 16 heavy (non-hydrogen) atoms. The van der Waals surface area contributed by atoms with Gasteiger partial charge in [-0.2, -0.15) is 0 Å². The number of hydrogen-bond acceptors (Lipinski definition) is 6. The average molecular weight is 215 g/mol. The molecule has 0 fully saturated rings. The summed E-state index contributed by atoms with van der Waals surface area (Å²) in [7, 11) is 0. The first-order chi connectivity index (χ1) is 7.81. The molecule has 0 saturated carbocycles. The summed E-state index contributed by atoms with van der Waals surface area (Å²) in [6.45, 7) is 0. The van der Waals surface area contributed by atoms with E-state index in [1.807, 2.05) is 24.3 Å². The van der Waals surface area contributed by atoms with Crippen molar-refractivity contribution >= 4 is 28.4 Å². The smallest absolute Gasteiger partial charge is 0.227 e. The molecule has 0 aliphatic rings. The van der Waals surface area contributed by atoms with Crippen LogP contribution in [0.25, 0.3) is 16.7 Å². The zero-order valence-electron chi connectivity index (χ0n) is 8.25. The van der Waals surface area contributed by atoms with Crippen LogP contribution >= 0.6 is 0 Å². The maximum atomic E-state index is 5.76. The number of anilines is 2. The molecule has 0 aliphatic heterocycles. The summed E-state index contributed by atoms with van der Waals surface area (Å²) in [5.41, 5.74) is 10.4. The number of hydrazine groups is 1. The van der Waals surface area contributed by atoms with E-state index in [0.717, 1.165) is 11.0 Å². The van der Waals surface area contributed by atoms with Gasteiger partial charge in [-0.1, -0.05) is 12.1 Å². The summed E-state index contributed by atoms with van der Waals surface area (Å²) in [5.74, 6) is 6.14. The summed E-state index contributed by atoms with van der Waals surface area (Å²) in [6.07, 6.45) is 0. The third-order valence-corrected chi connectivity index (χ3v) is 2.39. The average Bonchev–Trinajstić information content (AvgIpc) is 2.71. The van der Waals surface area contributed by atoms with Crippen LogP contribution in [0.5, 0.6) is 0 Å². The third kappa shape index (κ3) is 1.03. The van der Waals surface area contributed by atoms with E-state index in [4.69, 9.17) is 11.6 Å². The highest BCUT2D eigenvalue weighted by molar-refractivity contribution is 5.83. The Morgan fingerprint density at radius 2 is 2.00 bits per heavy atom. The van der Waals surface area contributed by atoms with E-state index in [9.17, 15) is 0 Å². The van der Waals surface area contributed by atoms with E-state index in [0.29, 0.717) is 17.4 Å². The molecule has 0 radical (unpaired) electrons. The summed E-state index contributed by atoms with van der Waals surface area (Å²) in [4.78, 5) is 4.32. The fourth-order valence-corrected chi connectivity index (χ4v) is 1.70. The van der Waals surface area contributed by atoms with Crippen molar-refractivity contribution in [3.63, 3.8) is 0 Å². The maximum absolute atomic E-state index is 5.76. The Morgan fingerprint density at radius 3 is 2.81 bits per heavy atom. The molecule has 0 atom stereocenters. The van der Waals surface area contributed by atoms with Crippen LogP contribution in [-0.4, -0.2) is 19.6 Å². The van der Waals surface area contributed by atoms with Crippen molar-refractivity contribution in [3.8, 4) is 0 Å². The molecule has 7 nitrogen and oxygen atoms in total. The third-order valence-electron chi connectivity index (χ3n) is 2.39. The number of nitrogens with zero attached hydrogens (tertiary/aromatic N) is 4. The molecule has 3 aromatic rings. The van der Waals surface area contributed by atoms with E-state index in [2.05, 4.69) is 20.6 Å². The molecular formula is C9H9N7. The lowest BCUT2D eigenvalue weighted by atomic mass is 10.3. The highest BCUT2D eigenvalue weighted by Crippen LogP contribution is 2.21. The predicted molar refractivity (Wildman–Crippen MR) is 60.5 cm³/mol. The summed E-state index contributed by atoms with van der Waals surface area (Å²) in [6, 6.07) is 7.56. The van der Waals surface area contributed by atoms with Gasteiger partial charge in [0.25, 0.3) is 0 Å². The number of fused-ring (bicyclic) bond motifs is 3. The number of nitrogen functional groups attached to an aromatic ring is 2. The Morgan fingerprint density at radius 1 is 1.19 bits per heavy atom. The van der Waals surface area contributed by atoms with Crippen molar-refractivity contribution in [1.29, 1.82) is 0 Å². The second-order valence-corrected chi connectivity index (χ2v) is 3.31. The van der Waals surface area contributed by atoms with Crippen molar-refractivity contribution in [2.75, 3.05) is 11.2 Å². The van der Waals surface area contributed by atoms with Gasteiger partial charge in [0.2, 0.25) is 11.6 Å². The van der Waals surface area contributed by atoms with Gasteiger partial charge in [-0.15, -0.1) is 10.2 Å². The van der Waals surface area contributed by atoms with Crippen LogP contribution in [0.1, 0.15) is 0 Å². The molecule has 0 unspecified atom stereocenters. The van der Waals surface area contributed by atoms with Crippen molar-refractivity contribution in [1.82, 2.24) is 19.6 Å². The normalized spacial score (nSPS) is 11.1. The quantitative estimate of drug-likeness (QED) is 0.394. The minimum Gasteiger partial charge on any atom is -0.368 e. The zero-order valence-corrected chi connectivity index (χ0v) is 8.25. The van der Waals surface area contributed by atoms with Crippen LogP contribution in [0.2, 0.25) is 0 Å². The number of benzene rings is 1. The SMILES string of the molecule is NNc1nc2ccccc2n2c(N)nnc12. The number of aromatic nitrogens is 4. The summed E-state index contributed by atoms with van der Waals surface area (Å²) in [5, 5.41) is 7.73. The van der Waals surface area contributed by atoms with Crippen LogP contribution < -0.4 is 17.0 Å². The Labute approximate surface area is 90.1 Å². The lowest BCUT2D eigenvalue weighted by molar-refractivity contribution is 1.12. The van der Waals surface area contributed by atoms with E-state index >= 15 is 0 Å². The van der Waals surface area contributed by atoms with Crippen LogP contribution in [-0.2, 0) is 0 Å². The predicted octanol–water partition coefficient (Wildman–Crippen LogP) is 0.145. The highest BCUT2D eigenvalue weighted by Gasteiger charge is 2.11. The van der Waals surface area contributed by atoms with Crippen LogP contribution in [0, 0.1) is 0 Å². The molecule has 5 N–H and O–H groups in total. The van der Waals surface area contributed by atoms with Gasteiger partial charge < -0.3 is 11.2 Å². The standard InChI is InChI=1S/C9H9N7/c10-9-15-14-8-7(13-11)12-5-3-1-2-4-6(5)16(8)9/h1-4H,11H2,(H2,10,15)(H,12,13). The van der Waals surface area contributed by atoms with E-state index in [-0.39, 0.29) is 0 Å². The van der Waals surface area contributed by atoms with E-state index < -0.39 is 0 Å². The summed E-state index contributed by atoms with van der Waals surface area (Å²) >= 11 is 0. The van der Waals surface area contributed by atoms with Gasteiger partial charge >= 0.3 is 0 Å². The summed E-state index contributed by atoms with van der Waals surface area (Å²) < 4.78 is 1.71. The van der Waals surface area contributed by atoms with Crippen molar-refractivity contribution in [2.24, 2.45) is 5.84 Å². The molecule has 0 amide bonds. The number of para-hydroxylation sites is 2. The second kappa shape index (κ2) is 3.04. The lowest BCUT2D eigenvalue weighted by Gasteiger charge is -2.05. The number of rotatable bonds is 1. The molecular weight excluding hydrogens is 206 g/mol. The Balaban J connectivity index is 2.60. The Kier molecular flexibility index (Phi) is 1.68. The molecule has 0 saturated heterocycles. The van der Waals surface area contributed by atoms with E-state index in [1.54, 1.807) is 4.40 Å². The van der Waals surface area contributed by atoms with Crippen LogP contribution in [0.3, 0.4) is 0 Å². The molecule has 0 aliphatic carbocycles. The first-order valence-corrected chi connectivity index (χ1v) is 4.67. The molecule has 3 rings (SSSR count). The maximum Gasteiger partial charge on any atom is 0.227 e. The fourth-order valence-electron chi connectivity index (χ4n) is 1.70. The van der Waals surface area contributed by atoms with Crippen molar-refractivity contribution in [3.05, 3.63) is 24.3 Å². The largest absolute Gasteiger partial charge is 0.368 e. The molecule has 2 heterocycles. The number of nitrogens with two attached hydrogens (primary N) is 2. The molecule has 2 aromatic heterocycles. The van der Waals surface area contributed by atoms with Gasteiger partial charge in [0.15, 0.2) is 5.82 Å². The van der Waals surface area contributed by atoms with Crippen molar-refractivity contribution in [2.45, 2.75) is 0 Å². The van der Waals surface area contributed by atoms with Gasteiger partial charge in [0, 0.05) is 0 Å². The Hall–Kier alpha value is -2.41. The van der Waals surface area contributed by atoms with Gasteiger partial charge in [0.05, 0.1) is 11.0 Å². The minimum atomic E-state index is 0.310. The molecule has 0 bridgehead atoms. The zero-order chi connectivity index (χ0) is 11.1.